The smallest absolute Gasteiger partial charge is 0.280 e. The van der Waals surface area contributed by atoms with Gasteiger partial charge in [0.05, 0.1) is 32.3 Å². The number of nitrogens with two attached hydrogens (primary N) is 2. The largest absolute Gasteiger partial charge is 0.756 e. The highest BCUT2D eigenvalue weighted by Crippen LogP contribution is 2.63. The summed E-state index contributed by atoms with van der Waals surface area (Å²) >= 11 is 0. The van der Waals surface area contributed by atoms with E-state index in [4.69, 9.17) is 34.9 Å². The standard InChI is InChI=1S/C25H39N10O18P3/c1-9(2)49-16-11(51-23(17(16)46-4)34-7-28-12-18(34)29-24(26)31-20(12)38)6-48-55(42,43)53-56(44,45)52-54(40,41)47-5-10-14(36)15(37)22(50-10)35-8-33(3)13-19(35)30-25(27)32-21(13)39/h7,9-11,14-17,22-23,36-37H,5-6,8H2,1-4H3,(H,40,41)(H,42,43)(H,44,45)(H3,26,29,31,38)(H3,27,30,32,39)/p-3/t10-,11-,14+,15?,16?,17+,22-,23-/m1/s1. The molecule has 5 unspecified atom stereocenters. The highest BCUT2D eigenvalue weighted by atomic mass is 31.3. The first-order valence-electron chi connectivity index (χ1n) is 16.2. The number of aromatic amines is 2. The van der Waals surface area contributed by atoms with Gasteiger partial charge in [-0.15, -0.1) is 0 Å². The average Bonchev–Trinajstić information content (AvgIpc) is 3.80. The number of methoxy groups -OCH3 is 1. The molecule has 2 fully saturated rings. The highest BCUT2D eigenvalue weighted by molar-refractivity contribution is 7.65. The van der Waals surface area contributed by atoms with Crippen molar-refractivity contribution in [2.45, 2.75) is 69.0 Å². The predicted octanol–water partition coefficient (Wildman–Crippen LogP) is -4.09. The number of nitrogens with one attached hydrogen (secondary N) is 2. The molecule has 312 valence electrons. The lowest BCUT2D eigenvalue weighted by Gasteiger charge is -2.35. The van der Waals surface area contributed by atoms with Crippen LogP contribution in [0.4, 0.5) is 23.4 Å². The van der Waals surface area contributed by atoms with E-state index in [2.05, 4.69) is 38.1 Å². The fourth-order valence-corrected chi connectivity index (χ4v) is 9.65. The van der Waals surface area contributed by atoms with Gasteiger partial charge in [0.2, 0.25) is 11.9 Å². The first-order chi connectivity index (χ1) is 26.1. The zero-order valence-electron chi connectivity index (χ0n) is 29.5. The Morgan fingerprint density at radius 1 is 0.911 bits per heavy atom. The van der Waals surface area contributed by atoms with Crippen molar-refractivity contribution in [2.75, 3.05) is 55.3 Å². The number of rotatable bonds is 15. The third-order valence-electron chi connectivity index (χ3n) is 8.46. The molecule has 6 heterocycles. The minimum absolute atomic E-state index is 0.0218. The molecule has 3 aromatic heterocycles. The predicted molar refractivity (Wildman–Crippen MR) is 180 cm³/mol. The molecule has 28 nitrogen and oxygen atoms in total. The number of anilines is 4. The number of imidazole rings is 1. The van der Waals surface area contributed by atoms with Crippen LogP contribution < -0.4 is 47.1 Å². The van der Waals surface area contributed by atoms with Crippen molar-refractivity contribution < 1.29 is 75.2 Å². The molecule has 0 saturated carbocycles. The van der Waals surface area contributed by atoms with Gasteiger partial charge in [-0.2, -0.15) is 9.97 Å². The second-order valence-corrected chi connectivity index (χ2v) is 17.3. The summed E-state index contributed by atoms with van der Waals surface area (Å²) in [5, 5.41) is 21.2. The summed E-state index contributed by atoms with van der Waals surface area (Å²) in [6.45, 7) is 1.08. The molecule has 11 atom stereocenters. The molecule has 0 bridgehead atoms. The van der Waals surface area contributed by atoms with Crippen LogP contribution in [-0.4, -0.2) is 123 Å². The van der Waals surface area contributed by atoms with Crippen molar-refractivity contribution in [3.05, 3.63) is 27.0 Å². The van der Waals surface area contributed by atoms with Crippen molar-refractivity contribution >= 4 is 58.0 Å². The van der Waals surface area contributed by atoms with Gasteiger partial charge in [0.15, 0.2) is 29.4 Å². The molecule has 2 saturated heterocycles. The Morgan fingerprint density at radius 3 is 2.12 bits per heavy atom. The third kappa shape index (κ3) is 8.70. The third-order valence-corrected chi connectivity index (χ3v) is 12.6. The van der Waals surface area contributed by atoms with E-state index in [1.165, 1.54) is 34.9 Å². The van der Waals surface area contributed by atoms with Gasteiger partial charge in [-0.3, -0.25) is 37.8 Å². The van der Waals surface area contributed by atoms with E-state index in [0.29, 0.717) is 0 Å². The first kappa shape index (κ1) is 42.2. The Morgan fingerprint density at radius 2 is 1.50 bits per heavy atom. The van der Waals surface area contributed by atoms with Crippen molar-refractivity contribution in [1.29, 1.82) is 0 Å². The molecule has 3 aliphatic rings. The van der Waals surface area contributed by atoms with Gasteiger partial charge in [-0.25, -0.2) is 13.6 Å². The minimum Gasteiger partial charge on any atom is -0.756 e. The van der Waals surface area contributed by atoms with Crippen LogP contribution in [0.5, 0.6) is 0 Å². The molecule has 56 heavy (non-hydrogen) atoms. The summed E-state index contributed by atoms with van der Waals surface area (Å²) in [4.78, 5) is 81.7. The van der Waals surface area contributed by atoms with Gasteiger partial charge in [-0.1, -0.05) is 0 Å². The van der Waals surface area contributed by atoms with Gasteiger partial charge >= 0.3 is 0 Å². The van der Waals surface area contributed by atoms with E-state index in [9.17, 15) is 48.2 Å². The first-order valence-corrected chi connectivity index (χ1v) is 20.6. The van der Waals surface area contributed by atoms with Crippen molar-refractivity contribution in [3.8, 4) is 0 Å². The molecular formula is C25H36N10O18P3-3. The number of aliphatic hydroxyl groups is 2. The summed E-state index contributed by atoms with van der Waals surface area (Å²) in [5.41, 5.74) is 9.97. The molecule has 0 aromatic carbocycles. The summed E-state index contributed by atoms with van der Waals surface area (Å²) in [7, 11) is -15.5. The van der Waals surface area contributed by atoms with E-state index >= 15 is 0 Å². The Kier molecular flexibility index (Phi) is 11.9. The van der Waals surface area contributed by atoms with E-state index in [1.807, 2.05) is 0 Å². The van der Waals surface area contributed by atoms with Gasteiger partial charge < -0.3 is 74.2 Å². The number of aromatic nitrogens is 6. The van der Waals surface area contributed by atoms with Crippen LogP contribution in [0.2, 0.25) is 0 Å². The number of H-pyrrole nitrogens is 2. The zero-order valence-corrected chi connectivity index (χ0v) is 32.2. The van der Waals surface area contributed by atoms with E-state index in [0.717, 1.165) is 0 Å². The Balaban J connectivity index is 1.07. The number of aliphatic hydroxyl groups excluding tert-OH is 2. The van der Waals surface area contributed by atoms with Gasteiger partial charge in [0, 0.05) is 14.2 Å². The lowest BCUT2D eigenvalue weighted by molar-refractivity contribution is -0.252. The molecule has 31 heteroatoms. The number of hydrogen-bond donors (Lipinski definition) is 6. The monoisotopic (exact) mass is 857 g/mol. The lowest BCUT2D eigenvalue weighted by Crippen LogP contribution is -2.45. The molecule has 3 aromatic rings. The summed E-state index contributed by atoms with van der Waals surface area (Å²) in [5.74, 6) is -0.534. The quantitative estimate of drug-likeness (QED) is 0.0791. The molecule has 0 radical (unpaired) electrons. The molecular weight excluding hydrogens is 821 g/mol. The normalized spacial score (nSPS) is 29.8. The second-order valence-electron chi connectivity index (χ2n) is 12.8. The van der Waals surface area contributed by atoms with Crippen LogP contribution in [0.15, 0.2) is 15.9 Å². The van der Waals surface area contributed by atoms with E-state index < -0.39 is 103 Å². The number of hydrogen-bond acceptors (Lipinski definition) is 25. The summed E-state index contributed by atoms with van der Waals surface area (Å²) in [6.07, 6.45) is -10.6. The second kappa shape index (κ2) is 15.7. The van der Waals surface area contributed by atoms with E-state index in [-0.39, 0.29) is 41.2 Å². The summed E-state index contributed by atoms with van der Waals surface area (Å²) < 4.78 is 78.9. The molecule has 8 N–H and O–H groups in total. The molecule has 3 aliphatic heterocycles. The Hall–Kier alpha value is -3.40. The molecule has 0 aliphatic carbocycles. The fraction of sp³-hybridized carbons (Fsp3) is 0.640. The van der Waals surface area contributed by atoms with Crippen LogP contribution in [-0.2, 0) is 50.3 Å². The molecule has 0 amide bonds. The number of phosphoric acid groups is 3. The van der Waals surface area contributed by atoms with Crippen LogP contribution in [0.3, 0.4) is 0 Å². The van der Waals surface area contributed by atoms with Gasteiger partial charge in [-0.05, 0) is 13.8 Å². The maximum atomic E-state index is 12.7. The van der Waals surface area contributed by atoms with Gasteiger partial charge in [0.25, 0.3) is 34.6 Å². The SMILES string of the molecule is CO[C@H]1C(OC(C)C)[C@@H](COP(=O)([O-])OP(=O)([O-])OP(=O)([O-])OC[C@H]2O[C@@H](N3CN(C)c4c3nc(N)[nH]c4=O)C(O)[C@H]2O)O[C@H]1n1cnc2c(=O)[nH]c(N)nc21. The Bertz CT molecular complexity index is 2210. The number of nitrogen functional groups attached to an aromatic ring is 2. The molecule has 6 rings (SSSR count). The lowest BCUT2D eigenvalue weighted by atomic mass is 10.1. The van der Waals surface area contributed by atoms with Crippen molar-refractivity contribution in [1.82, 2.24) is 29.5 Å². The number of ether oxygens (including phenoxy) is 4. The maximum absolute atomic E-state index is 12.7. The number of nitrogens with zero attached hydrogens (tertiary/aromatic N) is 6. The number of phosphoric ester groups is 2. The molecule has 0 spiro atoms. The fourth-order valence-electron chi connectivity index (χ4n) is 6.27. The zero-order chi connectivity index (χ0) is 41.1. The minimum atomic E-state index is -6.34. The topological polar surface area (TPSA) is 403 Å². The Labute approximate surface area is 314 Å². The number of fused-ring (bicyclic) bond motifs is 2. The maximum Gasteiger partial charge on any atom is 0.280 e. The highest BCUT2D eigenvalue weighted by Gasteiger charge is 2.50. The van der Waals surface area contributed by atoms with Crippen LogP contribution in [0, 0.1) is 0 Å². The van der Waals surface area contributed by atoms with E-state index in [1.54, 1.807) is 13.8 Å². The van der Waals surface area contributed by atoms with Crippen molar-refractivity contribution in [2.24, 2.45) is 0 Å². The van der Waals surface area contributed by atoms with Crippen LogP contribution in [0.1, 0.15) is 20.1 Å². The van der Waals surface area contributed by atoms with Crippen molar-refractivity contribution in [3.63, 3.8) is 0 Å². The van der Waals surface area contributed by atoms with Crippen LogP contribution in [0.25, 0.3) is 11.2 Å². The van der Waals surface area contributed by atoms with Crippen LogP contribution >= 0.6 is 23.5 Å². The summed E-state index contributed by atoms with van der Waals surface area (Å²) in [6, 6.07) is 0. The average molecular weight is 858 g/mol. The van der Waals surface area contributed by atoms with Gasteiger partial charge in [0.1, 0.15) is 42.3 Å².